The summed E-state index contributed by atoms with van der Waals surface area (Å²) in [6.07, 6.45) is 1.47. The first kappa shape index (κ1) is 13.1. The standard InChI is InChI=1S/C12H16N4O4/c17-6-1-8(13-3-6)11(18)16-4-9-7(14-5-15-9)2-10(16)12(19)20/h5-6,8,10,13,17H,1-4H2,(H,14,15)(H,19,20). The van der Waals surface area contributed by atoms with E-state index in [1.54, 1.807) is 0 Å². The van der Waals surface area contributed by atoms with Crippen LogP contribution in [0.25, 0.3) is 0 Å². The first-order valence-electron chi connectivity index (χ1n) is 6.52. The Kier molecular flexibility index (Phi) is 3.19. The van der Waals surface area contributed by atoms with Crippen LogP contribution in [0.4, 0.5) is 0 Å². The first-order chi connectivity index (χ1) is 9.56. The summed E-state index contributed by atoms with van der Waals surface area (Å²) >= 11 is 0. The Labute approximate surface area is 114 Å². The Hall–Kier alpha value is -1.93. The van der Waals surface area contributed by atoms with Crippen molar-refractivity contribution >= 4 is 11.9 Å². The fraction of sp³-hybridized carbons (Fsp3) is 0.583. The van der Waals surface area contributed by atoms with Crippen LogP contribution in [0.15, 0.2) is 6.33 Å². The SMILES string of the molecule is O=C(O)C1Cc2nc[nH]c2CN1C(=O)C1CC(O)CN1. The van der Waals surface area contributed by atoms with Gasteiger partial charge < -0.3 is 25.4 Å². The number of aliphatic hydroxyl groups excluding tert-OH is 1. The van der Waals surface area contributed by atoms with E-state index in [0.717, 1.165) is 5.69 Å². The third kappa shape index (κ3) is 2.16. The Morgan fingerprint density at radius 2 is 2.25 bits per heavy atom. The molecule has 2 aliphatic heterocycles. The zero-order valence-corrected chi connectivity index (χ0v) is 10.7. The summed E-state index contributed by atoms with van der Waals surface area (Å²) in [4.78, 5) is 32.2. The van der Waals surface area contributed by atoms with Gasteiger partial charge in [0.25, 0.3) is 0 Å². The molecule has 0 saturated carbocycles. The summed E-state index contributed by atoms with van der Waals surface area (Å²) in [6.45, 7) is 0.566. The number of fused-ring (bicyclic) bond motifs is 1. The molecule has 0 spiro atoms. The maximum atomic E-state index is 12.4. The van der Waals surface area contributed by atoms with E-state index in [4.69, 9.17) is 0 Å². The predicted molar refractivity (Wildman–Crippen MR) is 66.7 cm³/mol. The number of carboxylic acids is 1. The Morgan fingerprint density at radius 3 is 2.90 bits per heavy atom. The maximum Gasteiger partial charge on any atom is 0.326 e. The lowest BCUT2D eigenvalue weighted by Crippen LogP contribution is -2.53. The highest BCUT2D eigenvalue weighted by Gasteiger charge is 2.40. The molecule has 0 aromatic carbocycles. The highest BCUT2D eigenvalue weighted by atomic mass is 16.4. The lowest BCUT2D eigenvalue weighted by molar-refractivity contribution is -0.152. The van der Waals surface area contributed by atoms with Gasteiger partial charge in [0.1, 0.15) is 6.04 Å². The van der Waals surface area contributed by atoms with E-state index in [0.29, 0.717) is 18.7 Å². The van der Waals surface area contributed by atoms with Crippen LogP contribution < -0.4 is 5.32 Å². The number of amides is 1. The second-order valence-corrected chi connectivity index (χ2v) is 5.20. The van der Waals surface area contributed by atoms with Crippen LogP contribution in [0.1, 0.15) is 17.8 Å². The van der Waals surface area contributed by atoms with Crippen LogP contribution in [-0.4, -0.2) is 61.7 Å². The molecule has 3 unspecified atom stereocenters. The average molecular weight is 280 g/mol. The van der Waals surface area contributed by atoms with E-state index in [9.17, 15) is 19.8 Å². The number of H-pyrrole nitrogens is 1. The van der Waals surface area contributed by atoms with Crippen LogP contribution in [0.3, 0.4) is 0 Å². The zero-order chi connectivity index (χ0) is 14.3. The highest BCUT2D eigenvalue weighted by Crippen LogP contribution is 2.23. The normalized spacial score (nSPS) is 29.2. The molecule has 3 atom stereocenters. The van der Waals surface area contributed by atoms with Crippen molar-refractivity contribution in [3.63, 3.8) is 0 Å². The number of nitrogens with one attached hydrogen (secondary N) is 2. The summed E-state index contributed by atoms with van der Waals surface area (Å²) in [5.41, 5.74) is 1.47. The van der Waals surface area contributed by atoms with Gasteiger partial charge in [0.2, 0.25) is 5.91 Å². The number of carboxylic acid groups (broad SMARTS) is 1. The number of aromatic nitrogens is 2. The molecule has 3 heterocycles. The van der Waals surface area contributed by atoms with E-state index in [-0.39, 0.29) is 18.9 Å². The molecule has 0 aliphatic carbocycles. The summed E-state index contributed by atoms with van der Waals surface area (Å²) in [5, 5.41) is 21.7. The molecular weight excluding hydrogens is 264 g/mol. The van der Waals surface area contributed by atoms with Crippen molar-refractivity contribution in [2.45, 2.75) is 37.6 Å². The number of hydrogen-bond donors (Lipinski definition) is 4. The Balaban J connectivity index is 1.83. The fourth-order valence-corrected chi connectivity index (χ4v) is 2.79. The predicted octanol–water partition coefficient (Wildman–Crippen LogP) is -1.53. The summed E-state index contributed by atoms with van der Waals surface area (Å²) in [7, 11) is 0. The number of rotatable bonds is 2. The molecule has 108 valence electrons. The quantitative estimate of drug-likeness (QED) is 0.522. The van der Waals surface area contributed by atoms with Gasteiger partial charge in [-0.2, -0.15) is 0 Å². The van der Waals surface area contributed by atoms with Gasteiger partial charge in [0, 0.05) is 13.0 Å². The summed E-state index contributed by atoms with van der Waals surface area (Å²) in [5.74, 6) is -1.32. The van der Waals surface area contributed by atoms with Crippen LogP contribution in [-0.2, 0) is 22.6 Å². The van der Waals surface area contributed by atoms with Crippen LogP contribution in [0.2, 0.25) is 0 Å². The van der Waals surface area contributed by atoms with Crippen molar-refractivity contribution in [2.75, 3.05) is 6.54 Å². The van der Waals surface area contributed by atoms with Crippen LogP contribution in [0.5, 0.6) is 0 Å². The van der Waals surface area contributed by atoms with Crippen molar-refractivity contribution in [2.24, 2.45) is 0 Å². The van der Waals surface area contributed by atoms with Crippen molar-refractivity contribution in [3.05, 3.63) is 17.7 Å². The van der Waals surface area contributed by atoms with Gasteiger partial charge in [-0.05, 0) is 6.42 Å². The summed E-state index contributed by atoms with van der Waals surface area (Å²) in [6, 6.07) is -1.42. The van der Waals surface area contributed by atoms with E-state index >= 15 is 0 Å². The molecule has 3 rings (SSSR count). The molecule has 1 fully saturated rings. The first-order valence-corrected chi connectivity index (χ1v) is 6.52. The van der Waals surface area contributed by atoms with E-state index in [1.165, 1.54) is 11.2 Å². The monoisotopic (exact) mass is 280 g/mol. The topological polar surface area (TPSA) is 119 Å². The number of aromatic amines is 1. The van der Waals surface area contributed by atoms with Crippen LogP contribution in [0, 0.1) is 0 Å². The lowest BCUT2D eigenvalue weighted by Gasteiger charge is -2.34. The largest absolute Gasteiger partial charge is 0.480 e. The summed E-state index contributed by atoms with van der Waals surface area (Å²) < 4.78 is 0. The minimum Gasteiger partial charge on any atom is -0.480 e. The Bertz CT molecular complexity index is 543. The van der Waals surface area contributed by atoms with Gasteiger partial charge in [-0.1, -0.05) is 0 Å². The van der Waals surface area contributed by atoms with Crippen molar-refractivity contribution in [1.29, 1.82) is 0 Å². The minimum atomic E-state index is -1.04. The molecule has 2 aliphatic rings. The average Bonchev–Trinajstić information content (AvgIpc) is 3.04. The second-order valence-electron chi connectivity index (χ2n) is 5.20. The number of imidazole rings is 1. The van der Waals surface area contributed by atoms with E-state index in [2.05, 4.69) is 15.3 Å². The molecule has 1 aromatic heterocycles. The molecule has 0 radical (unpaired) electrons. The highest BCUT2D eigenvalue weighted by molar-refractivity contribution is 5.87. The van der Waals surface area contributed by atoms with E-state index < -0.39 is 24.2 Å². The number of aliphatic carboxylic acids is 1. The van der Waals surface area contributed by atoms with Crippen molar-refractivity contribution < 1.29 is 19.8 Å². The lowest BCUT2D eigenvalue weighted by atomic mass is 10.0. The molecule has 1 amide bonds. The van der Waals surface area contributed by atoms with Gasteiger partial charge in [-0.3, -0.25) is 4.79 Å². The van der Waals surface area contributed by atoms with E-state index in [1.807, 2.05) is 0 Å². The third-order valence-corrected chi connectivity index (χ3v) is 3.87. The van der Waals surface area contributed by atoms with Gasteiger partial charge >= 0.3 is 5.97 Å². The fourth-order valence-electron chi connectivity index (χ4n) is 2.79. The van der Waals surface area contributed by atoms with Gasteiger partial charge in [-0.15, -0.1) is 0 Å². The Morgan fingerprint density at radius 1 is 1.45 bits per heavy atom. The molecule has 8 heteroatoms. The van der Waals surface area contributed by atoms with Crippen LogP contribution >= 0.6 is 0 Å². The van der Waals surface area contributed by atoms with Gasteiger partial charge in [0.15, 0.2) is 0 Å². The molecule has 20 heavy (non-hydrogen) atoms. The smallest absolute Gasteiger partial charge is 0.326 e. The third-order valence-electron chi connectivity index (χ3n) is 3.87. The van der Waals surface area contributed by atoms with Gasteiger partial charge in [-0.25, -0.2) is 9.78 Å². The number of aliphatic hydroxyl groups is 1. The molecule has 4 N–H and O–H groups in total. The zero-order valence-electron chi connectivity index (χ0n) is 10.7. The number of β-amino-alcohol motifs (C(OH)–C–C–N with tert-alkyl or cyclic N) is 1. The molecule has 0 bridgehead atoms. The maximum absolute atomic E-state index is 12.4. The van der Waals surface area contributed by atoms with Crippen molar-refractivity contribution in [1.82, 2.24) is 20.2 Å². The molecule has 1 saturated heterocycles. The van der Waals surface area contributed by atoms with Crippen molar-refractivity contribution in [3.8, 4) is 0 Å². The number of nitrogens with zero attached hydrogens (tertiary/aromatic N) is 2. The molecule has 8 nitrogen and oxygen atoms in total. The number of carbonyl (C=O) groups excluding carboxylic acids is 1. The minimum absolute atomic E-state index is 0.204. The van der Waals surface area contributed by atoms with Gasteiger partial charge in [0.05, 0.1) is 36.4 Å². The molecule has 1 aromatic rings. The number of hydrogen-bond acceptors (Lipinski definition) is 5. The second kappa shape index (κ2) is 4.88. The number of carbonyl (C=O) groups is 2. The molecular formula is C12H16N4O4.